The second-order valence-corrected chi connectivity index (χ2v) is 8.68. The number of hydroxylamine groups is 1. The molecule has 1 aromatic heterocycles. The van der Waals surface area contributed by atoms with E-state index in [1.54, 1.807) is 0 Å². The van der Waals surface area contributed by atoms with Crippen molar-refractivity contribution >= 4 is 37.5 Å². The van der Waals surface area contributed by atoms with Crippen molar-refractivity contribution < 1.29 is 27.4 Å². The van der Waals surface area contributed by atoms with Crippen molar-refractivity contribution in [2.75, 3.05) is 26.0 Å². The summed E-state index contributed by atoms with van der Waals surface area (Å²) in [5.41, 5.74) is 2.22. The van der Waals surface area contributed by atoms with Crippen LogP contribution in [0, 0.1) is 11.7 Å². The Morgan fingerprint density at radius 3 is 2.89 bits per heavy atom. The number of nitrogens with one attached hydrogen (secondary N) is 1. The number of hydrogen-bond acceptors (Lipinski definition) is 8. The lowest BCUT2D eigenvalue weighted by Gasteiger charge is -2.36. The molecule has 1 aromatic carbocycles. The molecular weight excluding hydrogens is 449 g/mol. The molecule has 1 aliphatic rings. The molecule has 0 bridgehead atoms. The summed E-state index contributed by atoms with van der Waals surface area (Å²) in [5, 5.41) is 16.6. The summed E-state index contributed by atoms with van der Waals surface area (Å²) in [6.45, 7) is 0.887. The van der Waals surface area contributed by atoms with Crippen LogP contribution in [0.25, 0.3) is 0 Å². The van der Waals surface area contributed by atoms with Gasteiger partial charge in [-0.05, 0) is 44.4 Å². The van der Waals surface area contributed by atoms with Crippen molar-refractivity contribution in [1.29, 1.82) is 0 Å². The largest absolute Gasteiger partial charge is 0.473 e. The molecule has 146 valence electrons. The van der Waals surface area contributed by atoms with Crippen molar-refractivity contribution in [2.45, 2.75) is 0 Å². The highest BCUT2D eigenvalue weighted by molar-refractivity contribution is 9.10. The van der Waals surface area contributed by atoms with E-state index in [1.807, 2.05) is 5.48 Å². The van der Waals surface area contributed by atoms with Crippen LogP contribution in [0.5, 0.6) is 5.88 Å². The predicted octanol–water partition coefficient (Wildman–Crippen LogP) is 1.30. The number of sulfonamides is 1. The molecule has 0 aliphatic carbocycles. The number of ether oxygens (including phenoxy) is 1. The molecular formula is C14H15BrFN5O5S. The molecule has 13 heteroatoms. The third kappa shape index (κ3) is 4.61. The van der Waals surface area contributed by atoms with E-state index in [2.05, 4.69) is 35.9 Å². The molecule has 0 saturated carbocycles. The van der Waals surface area contributed by atoms with Crippen molar-refractivity contribution in [2.24, 2.45) is 10.9 Å². The maximum Gasteiger partial charge on any atom is 0.287 e. The fourth-order valence-corrected chi connectivity index (χ4v) is 3.66. The van der Waals surface area contributed by atoms with Gasteiger partial charge < -0.3 is 4.74 Å². The van der Waals surface area contributed by atoms with E-state index in [-0.39, 0.29) is 34.4 Å². The topological polar surface area (TPSA) is 130 Å². The first kappa shape index (κ1) is 19.7. The van der Waals surface area contributed by atoms with Crippen LogP contribution in [0.2, 0.25) is 0 Å². The molecule has 10 nitrogen and oxygen atoms in total. The van der Waals surface area contributed by atoms with Crippen LogP contribution in [0.15, 0.2) is 32.3 Å². The van der Waals surface area contributed by atoms with Crippen molar-refractivity contribution in [3.8, 4) is 5.88 Å². The van der Waals surface area contributed by atoms with E-state index >= 15 is 0 Å². The Hall–Kier alpha value is -2.09. The number of hydrogen-bond donors (Lipinski definition) is 2. The molecule has 2 N–H and O–H groups in total. The van der Waals surface area contributed by atoms with Gasteiger partial charge in [0.1, 0.15) is 5.82 Å². The summed E-state index contributed by atoms with van der Waals surface area (Å²) < 4.78 is 47.7. The van der Waals surface area contributed by atoms with Gasteiger partial charge in [0, 0.05) is 19.0 Å². The van der Waals surface area contributed by atoms with E-state index in [9.17, 15) is 18.0 Å². The van der Waals surface area contributed by atoms with E-state index in [4.69, 9.17) is 4.74 Å². The standard InChI is InChI=1S/C14H15BrFN5O5S/c1-27(23,24)21-5-8(6-21)7-25-14-12(19-26-20-14)13(18-22)17-9-2-3-11(16)10(15)4-9/h2-4,8,22H,5-7H2,1H3,(H,17,18). The third-order valence-corrected chi connectivity index (χ3v) is 5.63. The van der Waals surface area contributed by atoms with E-state index in [0.29, 0.717) is 18.8 Å². The lowest BCUT2D eigenvalue weighted by atomic mass is 10.1. The van der Waals surface area contributed by atoms with Gasteiger partial charge in [-0.1, -0.05) is 0 Å². The van der Waals surface area contributed by atoms with Crippen molar-refractivity contribution in [3.63, 3.8) is 0 Å². The fourth-order valence-electron chi connectivity index (χ4n) is 2.33. The van der Waals surface area contributed by atoms with Crippen LogP contribution < -0.4 is 10.2 Å². The van der Waals surface area contributed by atoms with Crippen LogP contribution in [0.3, 0.4) is 0 Å². The van der Waals surface area contributed by atoms with Crippen LogP contribution >= 0.6 is 15.9 Å². The van der Waals surface area contributed by atoms with Crippen LogP contribution in [-0.2, 0) is 10.0 Å². The van der Waals surface area contributed by atoms with Gasteiger partial charge in [-0.25, -0.2) is 26.7 Å². The predicted molar refractivity (Wildman–Crippen MR) is 94.9 cm³/mol. The quantitative estimate of drug-likeness (QED) is 0.372. The van der Waals surface area contributed by atoms with Gasteiger partial charge in [-0.3, -0.25) is 10.7 Å². The molecule has 0 unspecified atom stereocenters. The van der Waals surface area contributed by atoms with Gasteiger partial charge in [-0.15, -0.1) is 0 Å². The Morgan fingerprint density at radius 1 is 1.52 bits per heavy atom. The van der Waals surface area contributed by atoms with Crippen LogP contribution in [0.4, 0.5) is 10.1 Å². The molecule has 27 heavy (non-hydrogen) atoms. The Balaban J connectivity index is 1.69. The maximum atomic E-state index is 13.3. The SMILES string of the molecule is CS(=O)(=O)N1CC(COc2nonc2C(=Nc2ccc(F)c(Br)c2)NO)C1. The van der Waals surface area contributed by atoms with Gasteiger partial charge in [0.25, 0.3) is 5.88 Å². The number of rotatable bonds is 6. The fraction of sp³-hybridized carbons (Fsp3) is 0.357. The van der Waals surface area contributed by atoms with Crippen molar-refractivity contribution in [3.05, 3.63) is 34.2 Å². The second-order valence-electron chi connectivity index (χ2n) is 5.85. The Kier molecular flexibility index (Phi) is 5.74. The molecule has 1 saturated heterocycles. The zero-order valence-corrected chi connectivity index (χ0v) is 16.4. The normalized spacial score (nSPS) is 16.2. The Bertz CT molecular complexity index is 961. The van der Waals surface area contributed by atoms with Crippen molar-refractivity contribution in [1.82, 2.24) is 20.1 Å². The highest BCUT2D eigenvalue weighted by atomic mass is 79.9. The molecule has 1 aliphatic heterocycles. The first-order chi connectivity index (χ1) is 12.8. The molecule has 2 heterocycles. The lowest BCUT2D eigenvalue weighted by molar-refractivity contribution is 0.123. The van der Waals surface area contributed by atoms with Crippen LogP contribution in [0.1, 0.15) is 5.69 Å². The number of nitrogens with zero attached hydrogens (tertiary/aromatic N) is 4. The Morgan fingerprint density at radius 2 is 2.26 bits per heavy atom. The first-order valence-electron chi connectivity index (χ1n) is 7.62. The van der Waals surface area contributed by atoms with Gasteiger partial charge in [0.2, 0.25) is 15.7 Å². The zero-order valence-electron chi connectivity index (χ0n) is 14.0. The molecule has 0 amide bonds. The first-order valence-corrected chi connectivity index (χ1v) is 10.3. The van der Waals surface area contributed by atoms with Gasteiger partial charge in [0.15, 0.2) is 5.84 Å². The lowest BCUT2D eigenvalue weighted by Crippen LogP contribution is -2.51. The molecule has 0 spiro atoms. The molecule has 3 rings (SSSR count). The average molecular weight is 464 g/mol. The minimum absolute atomic E-state index is 0.000182. The monoisotopic (exact) mass is 463 g/mol. The highest BCUT2D eigenvalue weighted by Gasteiger charge is 2.34. The maximum absolute atomic E-state index is 13.3. The van der Waals surface area contributed by atoms with Crippen LogP contribution in [-0.4, -0.2) is 60.0 Å². The molecule has 0 atom stereocenters. The number of benzene rings is 1. The Labute approximate surface area is 162 Å². The summed E-state index contributed by atoms with van der Waals surface area (Å²) in [6.07, 6.45) is 1.15. The third-order valence-electron chi connectivity index (χ3n) is 3.78. The number of amidine groups is 1. The summed E-state index contributed by atoms with van der Waals surface area (Å²) >= 11 is 3.05. The van der Waals surface area contributed by atoms with E-state index in [1.165, 1.54) is 22.5 Å². The summed E-state index contributed by atoms with van der Waals surface area (Å²) in [5.74, 6) is -0.589. The number of aromatic nitrogens is 2. The molecule has 2 aromatic rings. The summed E-state index contributed by atoms with van der Waals surface area (Å²) in [7, 11) is -3.20. The van der Waals surface area contributed by atoms with E-state index < -0.39 is 15.8 Å². The minimum Gasteiger partial charge on any atom is -0.473 e. The zero-order chi connectivity index (χ0) is 19.6. The number of halogens is 2. The average Bonchev–Trinajstić information content (AvgIpc) is 3.01. The second kappa shape index (κ2) is 7.88. The van der Waals surface area contributed by atoms with Gasteiger partial charge in [-0.2, -0.15) is 0 Å². The molecule has 0 radical (unpaired) electrons. The summed E-state index contributed by atoms with van der Waals surface area (Å²) in [6, 6.07) is 4.02. The highest BCUT2D eigenvalue weighted by Crippen LogP contribution is 2.24. The van der Waals surface area contributed by atoms with Gasteiger partial charge in [0.05, 0.1) is 23.0 Å². The number of aliphatic imine (C=N–C) groups is 1. The minimum atomic E-state index is -3.20. The smallest absolute Gasteiger partial charge is 0.287 e. The van der Waals surface area contributed by atoms with E-state index in [0.717, 1.165) is 6.26 Å². The summed E-state index contributed by atoms with van der Waals surface area (Å²) in [4.78, 5) is 4.12. The molecule has 1 fully saturated rings. The van der Waals surface area contributed by atoms with Gasteiger partial charge >= 0.3 is 0 Å².